The molecule has 2 aliphatic carbocycles. The van der Waals surface area contributed by atoms with Crippen molar-refractivity contribution in [2.45, 2.75) is 56.7 Å². The summed E-state index contributed by atoms with van der Waals surface area (Å²) in [6.07, 6.45) is 6.36. The van der Waals surface area contributed by atoms with Crippen molar-refractivity contribution in [2.75, 3.05) is 6.61 Å². The molecule has 19 heavy (non-hydrogen) atoms. The first-order valence-corrected chi connectivity index (χ1v) is 7.33. The molecule has 0 heterocycles. The topological polar surface area (TPSA) is 49.7 Å². The molecule has 0 aliphatic heterocycles. The van der Waals surface area contributed by atoms with Gasteiger partial charge >= 0.3 is 0 Å². The van der Waals surface area contributed by atoms with Crippen molar-refractivity contribution in [2.24, 2.45) is 0 Å². The summed E-state index contributed by atoms with van der Waals surface area (Å²) in [7, 11) is 0. The summed E-state index contributed by atoms with van der Waals surface area (Å²) in [6.45, 7) is 0.375. The molecule has 3 rings (SSSR count). The molecule has 1 aromatic carbocycles. The maximum absolute atomic E-state index is 10.5. The Bertz CT molecular complexity index is 449. The number of rotatable bonds is 3. The van der Waals surface area contributed by atoms with Crippen LogP contribution in [0.15, 0.2) is 18.2 Å². The Morgan fingerprint density at radius 2 is 2.00 bits per heavy atom. The molecule has 1 atom stereocenters. The van der Waals surface area contributed by atoms with E-state index in [0.717, 1.165) is 55.4 Å². The van der Waals surface area contributed by atoms with Crippen molar-refractivity contribution in [3.05, 3.63) is 29.3 Å². The van der Waals surface area contributed by atoms with Gasteiger partial charge in [0.1, 0.15) is 12.4 Å². The minimum atomic E-state index is -0.655. The van der Waals surface area contributed by atoms with E-state index in [4.69, 9.17) is 4.74 Å². The summed E-state index contributed by atoms with van der Waals surface area (Å²) in [5.74, 6) is 0.841. The van der Waals surface area contributed by atoms with Crippen molar-refractivity contribution in [1.82, 2.24) is 0 Å². The second-order valence-corrected chi connectivity index (χ2v) is 5.95. The first-order chi connectivity index (χ1) is 9.18. The molecule has 1 saturated carbocycles. The zero-order chi connectivity index (χ0) is 13.3. The molecule has 0 aromatic heterocycles. The van der Waals surface area contributed by atoms with Crippen molar-refractivity contribution >= 4 is 0 Å². The van der Waals surface area contributed by atoms with Gasteiger partial charge in [-0.15, -0.1) is 0 Å². The van der Waals surface area contributed by atoms with E-state index in [9.17, 15) is 10.2 Å². The molecular weight excluding hydrogens is 240 g/mol. The van der Waals surface area contributed by atoms with Crippen molar-refractivity contribution in [1.29, 1.82) is 0 Å². The second kappa shape index (κ2) is 5.14. The number of ether oxygens (including phenoxy) is 1. The molecular formula is C16H22O3. The lowest BCUT2D eigenvalue weighted by Crippen LogP contribution is -2.38. The summed E-state index contributed by atoms with van der Waals surface area (Å²) in [6, 6.07) is 5.84. The van der Waals surface area contributed by atoms with Crippen LogP contribution in [0.4, 0.5) is 0 Å². The number of aliphatic hydroxyl groups is 2. The Labute approximate surface area is 114 Å². The lowest BCUT2D eigenvalue weighted by Gasteiger charge is -2.32. The van der Waals surface area contributed by atoms with Gasteiger partial charge in [-0.1, -0.05) is 31.4 Å². The molecule has 3 nitrogen and oxygen atoms in total. The molecule has 0 bridgehead atoms. The van der Waals surface area contributed by atoms with Crippen LogP contribution >= 0.6 is 0 Å². The van der Waals surface area contributed by atoms with E-state index in [1.54, 1.807) is 0 Å². The molecule has 0 amide bonds. The summed E-state index contributed by atoms with van der Waals surface area (Å²) in [5, 5.41) is 20.3. The van der Waals surface area contributed by atoms with Gasteiger partial charge in [-0.2, -0.15) is 0 Å². The molecule has 0 radical (unpaired) electrons. The van der Waals surface area contributed by atoms with Crippen LogP contribution in [-0.4, -0.2) is 22.4 Å². The van der Waals surface area contributed by atoms with E-state index in [0.29, 0.717) is 6.61 Å². The highest BCUT2D eigenvalue weighted by atomic mass is 16.5. The van der Waals surface area contributed by atoms with Gasteiger partial charge in [0, 0.05) is 5.56 Å². The maximum atomic E-state index is 10.5. The number of hydrogen-bond acceptors (Lipinski definition) is 3. The fourth-order valence-corrected chi connectivity index (χ4v) is 3.30. The fraction of sp³-hybridized carbons (Fsp3) is 0.625. The lowest BCUT2D eigenvalue weighted by atomic mass is 9.85. The van der Waals surface area contributed by atoms with Gasteiger partial charge in [-0.25, -0.2) is 0 Å². The van der Waals surface area contributed by atoms with Crippen LogP contribution in [0, 0.1) is 0 Å². The van der Waals surface area contributed by atoms with Crippen LogP contribution in [0.3, 0.4) is 0 Å². The predicted octanol–water partition coefficient (Wildman–Crippen LogP) is 2.74. The minimum absolute atomic E-state index is 0.351. The van der Waals surface area contributed by atoms with Crippen LogP contribution in [0.25, 0.3) is 0 Å². The summed E-state index contributed by atoms with van der Waals surface area (Å²) >= 11 is 0. The van der Waals surface area contributed by atoms with E-state index >= 15 is 0 Å². The molecule has 2 aliphatic rings. The zero-order valence-corrected chi connectivity index (χ0v) is 11.3. The highest BCUT2D eigenvalue weighted by molar-refractivity contribution is 5.44. The molecule has 1 fully saturated rings. The molecule has 1 unspecified atom stereocenters. The quantitative estimate of drug-likeness (QED) is 0.880. The van der Waals surface area contributed by atoms with Gasteiger partial charge in [0.05, 0.1) is 11.7 Å². The smallest absolute Gasteiger partial charge is 0.123 e. The third-order valence-corrected chi connectivity index (χ3v) is 4.48. The first kappa shape index (κ1) is 12.9. The fourth-order valence-electron chi connectivity index (χ4n) is 3.30. The minimum Gasteiger partial charge on any atom is -0.490 e. The molecule has 3 heteroatoms. The van der Waals surface area contributed by atoms with Crippen LogP contribution < -0.4 is 4.74 Å². The van der Waals surface area contributed by atoms with Gasteiger partial charge in [0.25, 0.3) is 0 Å². The van der Waals surface area contributed by atoms with Crippen LogP contribution in [0.2, 0.25) is 0 Å². The number of fused-ring (bicyclic) bond motifs is 1. The number of benzene rings is 1. The second-order valence-electron chi connectivity index (χ2n) is 5.95. The molecule has 0 spiro atoms. The van der Waals surface area contributed by atoms with E-state index in [-0.39, 0.29) is 6.10 Å². The largest absolute Gasteiger partial charge is 0.490 e. The highest BCUT2D eigenvalue weighted by Gasteiger charge is 2.31. The summed E-state index contributed by atoms with van der Waals surface area (Å²) in [4.78, 5) is 0. The van der Waals surface area contributed by atoms with Gasteiger partial charge in [-0.3, -0.25) is 0 Å². The Balaban J connectivity index is 1.71. The van der Waals surface area contributed by atoms with Gasteiger partial charge in [0.2, 0.25) is 0 Å². The molecule has 104 valence electrons. The predicted molar refractivity (Wildman–Crippen MR) is 73.3 cm³/mol. The third-order valence-electron chi connectivity index (χ3n) is 4.48. The average molecular weight is 262 g/mol. The Kier molecular flexibility index (Phi) is 3.50. The average Bonchev–Trinajstić information content (AvgIpc) is 2.80. The van der Waals surface area contributed by atoms with Gasteiger partial charge in [-0.05, 0) is 37.3 Å². The SMILES string of the molecule is OC1CCc2c(OCC3(O)CCCCC3)cccc21. The lowest BCUT2D eigenvalue weighted by molar-refractivity contribution is -0.0340. The maximum Gasteiger partial charge on any atom is 0.123 e. The highest BCUT2D eigenvalue weighted by Crippen LogP contribution is 2.37. The van der Waals surface area contributed by atoms with Crippen molar-refractivity contribution in [3.63, 3.8) is 0 Å². The van der Waals surface area contributed by atoms with E-state index < -0.39 is 5.60 Å². The molecule has 1 aromatic rings. The first-order valence-electron chi connectivity index (χ1n) is 7.33. The van der Waals surface area contributed by atoms with E-state index in [1.807, 2.05) is 18.2 Å². The van der Waals surface area contributed by atoms with Crippen LogP contribution in [0.1, 0.15) is 55.8 Å². The Morgan fingerprint density at radius 1 is 1.21 bits per heavy atom. The van der Waals surface area contributed by atoms with E-state index in [1.165, 1.54) is 6.42 Å². The number of aliphatic hydroxyl groups excluding tert-OH is 1. The number of hydrogen-bond donors (Lipinski definition) is 2. The molecule has 2 N–H and O–H groups in total. The van der Waals surface area contributed by atoms with Crippen LogP contribution in [-0.2, 0) is 6.42 Å². The van der Waals surface area contributed by atoms with Crippen LogP contribution in [0.5, 0.6) is 5.75 Å². The Hall–Kier alpha value is -1.06. The van der Waals surface area contributed by atoms with Gasteiger partial charge < -0.3 is 14.9 Å². The Morgan fingerprint density at radius 3 is 2.79 bits per heavy atom. The van der Waals surface area contributed by atoms with Crippen molar-refractivity contribution in [3.8, 4) is 5.75 Å². The summed E-state index contributed by atoms with van der Waals surface area (Å²) < 4.78 is 5.88. The molecule has 0 saturated heterocycles. The monoisotopic (exact) mass is 262 g/mol. The standard InChI is InChI=1S/C16H22O3/c17-14-8-7-13-12(14)5-4-6-15(13)19-11-16(18)9-2-1-3-10-16/h4-6,14,17-18H,1-3,7-11H2. The summed E-state index contributed by atoms with van der Waals surface area (Å²) in [5.41, 5.74) is 1.46. The zero-order valence-electron chi connectivity index (χ0n) is 11.3. The van der Waals surface area contributed by atoms with E-state index in [2.05, 4.69) is 0 Å². The van der Waals surface area contributed by atoms with Gasteiger partial charge in [0.15, 0.2) is 0 Å². The normalized spacial score (nSPS) is 25.1. The van der Waals surface area contributed by atoms with Crippen molar-refractivity contribution < 1.29 is 14.9 Å². The third kappa shape index (κ3) is 2.63.